The molecule has 0 bridgehead atoms. The second kappa shape index (κ2) is 14.9. The molecule has 39 heavy (non-hydrogen) atoms. The topological polar surface area (TPSA) is 86.3 Å². The molecule has 0 spiro atoms. The summed E-state index contributed by atoms with van der Waals surface area (Å²) >= 11 is 0. The first-order valence-electron chi connectivity index (χ1n) is 14.2. The predicted molar refractivity (Wildman–Crippen MR) is 150 cm³/mol. The third-order valence-electron chi connectivity index (χ3n) is 7.13. The van der Waals surface area contributed by atoms with Crippen molar-refractivity contribution in [1.29, 1.82) is 0 Å². The predicted octanol–water partition coefficient (Wildman–Crippen LogP) is 4.44. The molecule has 1 fully saturated rings. The molecule has 1 saturated heterocycles. The van der Waals surface area contributed by atoms with Gasteiger partial charge in [0, 0.05) is 50.7 Å². The number of nitrogens with zero attached hydrogens (tertiary/aromatic N) is 1. The number of carbonyl (C=O) groups excluding carboxylic acids is 2. The van der Waals surface area contributed by atoms with E-state index in [1.54, 1.807) is 31.4 Å². The zero-order valence-electron chi connectivity index (χ0n) is 23.3. The lowest BCUT2D eigenvalue weighted by atomic mass is 10.0. The number of unbranched alkanes of at least 4 members (excludes halogenated alkanes) is 2. The smallest absolute Gasteiger partial charge is 0.220 e. The Bertz CT molecular complexity index is 1070. The molecule has 0 aromatic heterocycles. The Hall–Kier alpha value is -3.10. The van der Waals surface area contributed by atoms with Crippen LogP contribution in [-0.4, -0.2) is 75.3 Å². The number of benzene rings is 2. The molecule has 1 atom stereocenters. The summed E-state index contributed by atoms with van der Waals surface area (Å²) in [5.74, 6) is 2.46. The Morgan fingerprint density at radius 1 is 1.00 bits per heavy atom. The molecule has 2 aliphatic rings. The van der Waals surface area contributed by atoms with E-state index in [0.29, 0.717) is 31.6 Å². The first kappa shape index (κ1) is 28.9. The van der Waals surface area contributed by atoms with Crippen molar-refractivity contribution in [3.05, 3.63) is 53.6 Å². The van der Waals surface area contributed by atoms with Crippen LogP contribution in [0.15, 0.2) is 42.5 Å². The van der Waals surface area contributed by atoms with E-state index in [0.717, 1.165) is 81.2 Å². The van der Waals surface area contributed by atoms with Crippen molar-refractivity contribution in [1.82, 2.24) is 10.2 Å². The van der Waals surface area contributed by atoms with Crippen LogP contribution in [0, 0.1) is 0 Å². The highest BCUT2D eigenvalue weighted by molar-refractivity contribution is 5.96. The van der Waals surface area contributed by atoms with Gasteiger partial charge >= 0.3 is 0 Å². The monoisotopic (exact) mass is 538 g/mol. The highest BCUT2D eigenvalue weighted by Crippen LogP contribution is 2.31. The number of fused-ring (bicyclic) bond motifs is 1. The quantitative estimate of drug-likeness (QED) is 0.250. The minimum absolute atomic E-state index is 0.0103. The van der Waals surface area contributed by atoms with E-state index in [4.69, 9.17) is 18.9 Å². The lowest BCUT2D eigenvalue weighted by Crippen LogP contribution is -2.57. The number of amides is 1. The van der Waals surface area contributed by atoms with Gasteiger partial charge in [0.1, 0.15) is 19.0 Å². The van der Waals surface area contributed by atoms with Gasteiger partial charge in [0.25, 0.3) is 0 Å². The normalized spacial score (nSPS) is 15.8. The second-order valence-corrected chi connectivity index (χ2v) is 10.4. The van der Waals surface area contributed by atoms with E-state index < -0.39 is 0 Å². The van der Waals surface area contributed by atoms with Crippen LogP contribution in [0.25, 0.3) is 0 Å². The SMILES string of the molecule is CCCOC1CN(CC(Cc2ccc3c(c2)OCCO3)NC(=O)CCCCCC(=O)c2ccc(OC)cc2)C1. The first-order chi connectivity index (χ1) is 19.0. The summed E-state index contributed by atoms with van der Waals surface area (Å²) in [7, 11) is 1.61. The Morgan fingerprint density at radius 3 is 2.49 bits per heavy atom. The van der Waals surface area contributed by atoms with Gasteiger partial charge in [-0.05, 0) is 67.6 Å². The van der Waals surface area contributed by atoms with E-state index in [2.05, 4.69) is 23.2 Å². The molecule has 1 amide bonds. The Kier molecular flexibility index (Phi) is 11.0. The molecule has 1 unspecified atom stereocenters. The van der Waals surface area contributed by atoms with Crippen molar-refractivity contribution >= 4 is 11.7 Å². The van der Waals surface area contributed by atoms with Gasteiger partial charge < -0.3 is 24.3 Å². The molecule has 8 nitrogen and oxygen atoms in total. The molecule has 4 rings (SSSR count). The molecule has 0 saturated carbocycles. The summed E-state index contributed by atoms with van der Waals surface area (Å²) in [6, 6.07) is 13.2. The van der Waals surface area contributed by atoms with Crippen LogP contribution in [-0.2, 0) is 16.0 Å². The standard InChI is InChI=1S/C31H42N2O6/c1-3-15-37-27-21-33(22-27)20-25(18-23-9-14-29-30(19-23)39-17-16-38-29)32-31(35)8-6-4-5-7-28(34)24-10-12-26(36-2)13-11-24/h9-14,19,25,27H,3-8,15-18,20-22H2,1-2H3,(H,32,35). The number of hydrogen-bond acceptors (Lipinski definition) is 7. The van der Waals surface area contributed by atoms with E-state index in [-0.39, 0.29) is 23.8 Å². The van der Waals surface area contributed by atoms with Crippen LogP contribution in [0.4, 0.5) is 0 Å². The molecule has 0 radical (unpaired) electrons. The van der Waals surface area contributed by atoms with Gasteiger partial charge in [-0.2, -0.15) is 0 Å². The number of Topliss-reactive ketones (excluding diaryl/α,β-unsaturated/α-hetero) is 1. The molecule has 2 aromatic rings. The van der Waals surface area contributed by atoms with E-state index in [9.17, 15) is 9.59 Å². The zero-order chi connectivity index (χ0) is 27.5. The number of hydrogen-bond donors (Lipinski definition) is 1. The summed E-state index contributed by atoms with van der Waals surface area (Å²) in [5, 5.41) is 3.27. The van der Waals surface area contributed by atoms with Crippen molar-refractivity contribution in [3.8, 4) is 17.2 Å². The van der Waals surface area contributed by atoms with Crippen molar-refractivity contribution in [2.24, 2.45) is 0 Å². The second-order valence-electron chi connectivity index (χ2n) is 10.4. The fraction of sp³-hybridized carbons (Fsp3) is 0.548. The maximum Gasteiger partial charge on any atom is 0.220 e. The largest absolute Gasteiger partial charge is 0.497 e. The molecule has 1 N–H and O–H groups in total. The summed E-state index contributed by atoms with van der Waals surface area (Å²) in [4.78, 5) is 27.6. The molecular weight excluding hydrogens is 496 g/mol. The fourth-order valence-corrected chi connectivity index (χ4v) is 5.00. The van der Waals surface area contributed by atoms with Crippen molar-refractivity contribution in [3.63, 3.8) is 0 Å². The van der Waals surface area contributed by atoms with Crippen molar-refractivity contribution in [2.45, 2.75) is 64.0 Å². The molecule has 2 heterocycles. The number of rotatable bonds is 16. The van der Waals surface area contributed by atoms with Crippen molar-refractivity contribution < 1.29 is 28.5 Å². The van der Waals surface area contributed by atoms with E-state index in [1.165, 1.54) is 0 Å². The number of ether oxygens (including phenoxy) is 4. The Labute approximate surface area is 231 Å². The van der Waals surface area contributed by atoms with Crippen LogP contribution in [0.2, 0.25) is 0 Å². The van der Waals surface area contributed by atoms with Gasteiger partial charge in [0.05, 0.1) is 13.2 Å². The third kappa shape index (κ3) is 8.97. The van der Waals surface area contributed by atoms with Gasteiger partial charge in [-0.15, -0.1) is 0 Å². The van der Waals surface area contributed by atoms with Crippen LogP contribution in [0.3, 0.4) is 0 Å². The number of ketones is 1. The average Bonchev–Trinajstić information content (AvgIpc) is 2.93. The summed E-state index contributed by atoms with van der Waals surface area (Å²) in [5.41, 5.74) is 1.81. The number of methoxy groups -OCH3 is 1. The number of carbonyl (C=O) groups is 2. The van der Waals surface area contributed by atoms with Gasteiger partial charge in [-0.1, -0.05) is 19.4 Å². The zero-order valence-corrected chi connectivity index (χ0v) is 23.3. The highest BCUT2D eigenvalue weighted by atomic mass is 16.6. The number of likely N-dealkylation sites (tertiary alicyclic amines) is 1. The molecular formula is C31H42N2O6. The molecule has 2 aromatic carbocycles. The lowest BCUT2D eigenvalue weighted by molar-refractivity contribution is -0.122. The Balaban J connectivity index is 1.22. The Morgan fingerprint density at radius 2 is 1.74 bits per heavy atom. The molecule has 0 aliphatic carbocycles. The van der Waals surface area contributed by atoms with Gasteiger partial charge in [-0.3, -0.25) is 14.5 Å². The van der Waals surface area contributed by atoms with Gasteiger partial charge in [0.15, 0.2) is 17.3 Å². The lowest BCUT2D eigenvalue weighted by Gasteiger charge is -2.41. The van der Waals surface area contributed by atoms with Crippen LogP contribution >= 0.6 is 0 Å². The minimum atomic E-state index is -0.0103. The highest BCUT2D eigenvalue weighted by Gasteiger charge is 2.29. The summed E-state index contributed by atoms with van der Waals surface area (Å²) < 4.78 is 22.4. The molecule has 8 heteroatoms. The van der Waals surface area contributed by atoms with Gasteiger partial charge in [-0.25, -0.2) is 0 Å². The van der Waals surface area contributed by atoms with Crippen LogP contribution < -0.4 is 19.5 Å². The summed E-state index contributed by atoms with van der Waals surface area (Å²) in [6.45, 7) is 6.61. The maximum atomic E-state index is 12.9. The fourth-order valence-electron chi connectivity index (χ4n) is 5.00. The first-order valence-corrected chi connectivity index (χ1v) is 14.2. The molecule has 2 aliphatic heterocycles. The number of nitrogens with one attached hydrogen (secondary N) is 1. The van der Waals surface area contributed by atoms with Gasteiger partial charge in [0.2, 0.25) is 5.91 Å². The minimum Gasteiger partial charge on any atom is -0.497 e. The average molecular weight is 539 g/mol. The maximum absolute atomic E-state index is 12.9. The summed E-state index contributed by atoms with van der Waals surface area (Å²) in [6.07, 6.45) is 5.33. The van der Waals surface area contributed by atoms with Crippen LogP contribution in [0.5, 0.6) is 17.2 Å². The molecule has 212 valence electrons. The van der Waals surface area contributed by atoms with Crippen LogP contribution in [0.1, 0.15) is 61.4 Å². The third-order valence-corrected chi connectivity index (χ3v) is 7.13. The van der Waals surface area contributed by atoms with E-state index >= 15 is 0 Å². The van der Waals surface area contributed by atoms with E-state index in [1.807, 2.05) is 12.1 Å². The van der Waals surface area contributed by atoms with Crippen molar-refractivity contribution in [2.75, 3.05) is 46.6 Å².